The molecule has 1 aliphatic heterocycles. The Labute approximate surface area is 132 Å². The second-order valence-corrected chi connectivity index (χ2v) is 5.84. The molecule has 1 aromatic rings. The molecule has 0 spiro atoms. The second kappa shape index (κ2) is 7.82. The number of piperidine rings is 1. The molecule has 22 heavy (non-hydrogen) atoms. The third-order valence-corrected chi connectivity index (χ3v) is 3.92. The first-order valence-electron chi connectivity index (χ1n) is 8.00. The van der Waals surface area contributed by atoms with Crippen LogP contribution in [-0.4, -0.2) is 42.5 Å². The summed E-state index contributed by atoms with van der Waals surface area (Å²) in [5.41, 5.74) is 1.78. The number of amides is 3. The van der Waals surface area contributed by atoms with E-state index in [4.69, 9.17) is 0 Å². The van der Waals surface area contributed by atoms with Crippen molar-refractivity contribution < 1.29 is 9.59 Å². The number of carbonyl (C=O) groups is 2. The summed E-state index contributed by atoms with van der Waals surface area (Å²) in [6.07, 6.45) is 2.54. The van der Waals surface area contributed by atoms with Crippen LogP contribution >= 0.6 is 0 Å². The Kier molecular flexibility index (Phi) is 5.81. The van der Waals surface area contributed by atoms with Crippen molar-refractivity contribution in [3.8, 4) is 0 Å². The molecule has 0 atom stereocenters. The zero-order valence-corrected chi connectivity index (χ0v) is 13.4. The molecule has 0 unspecified atom stereocenters. The lowest BCUT2D eigenvalue weighted by Gasteiger charge is -2.32. The third kappa shape index (κ3) is 4.48. The first kappa shape index (κ1) is 16.3. The topological polar surface area (TPSA) is 61.4 Å². The minimum absolute atomic E-state index is 0.00492. The van der Waals surface area contributed by atoms with Crippen LogP contribution in [0.5, 0.6) is 0 Å². The quantitative estimate of drug-likeness (QED) is 0.896. The van der Waals surface area contributed by atoms with E-state index in [9.17, 15) is 9.59 Å². The highest BCUT2D eigenvalue weighted by molar-refractivity contribution is 5.94. The SMILES string of the molecule is CCCNC(=O)N1CCC(NC(=O)c2cccc(C)c2)CC1. The van der Waals surface area contributed by atoms with Crippen LogP contribution in [0.15, 0.2) is 24.3 Å². The molecule has 5 heteroatoms. The maximum Gasteiger partial charge on any atom is 0.317 e. The number of likely N-dealkylation sites (tertiary alicyclic amines) is 1. The summed E-state index contributed by atoms with van der Waals surface area (Å²) in [4.78, 5) is 25.9. The van der Waals surface area contributed by atoms with Crippen molar-refractivity contribution in [3.05, 3.63) is 35.4 Å². The summed E-state index contributed by atoms with van der Waals surface area (Å²) in [6, 6.07) is 7.74. The van der Waals surface area contributed by atoms with Gasteiger partial charge in [0, 0.05) is 31.2 Å². The minimum atomic E-state index is -0.0300. The van der Waals surface area contributed by atoms with Gasteiger partial charge in [0.25, 0.3) is 5.91 Å². The minimum Gasteiger partial charge on any atom is -0.349 e. The van der Waals surface area contributed by atoms with Crippen molar-refractivity contribution in [3.63, 3.8) is 0 Å². The number of benzene rings is 1. The first-order valence-corrected chi connectivity index (χ1v) is 8.00. The molecular weight excluding hydrogens is 278 g/mol. The summed E-state index contributed by atoms with van der Waals surface area (Å²) in [7, 11) is 0. The Hall–Kier alpha value is -2.04. The Morgan fingerprint density at radius 3 is 2.64 bits per heavy atom. The monoisotopic (exact) mass is 303 g/mol. The highest BCUT2D eigenvalue weighted by atomic mass is 16.2. The van der Waals surface area contributed by atoms with E-state index in [-0.39, 0.29) is 18.0 Å². The van der Waals surface area contributed by atoms with Gasteiger partial charge in [0.05, 0.1) is 0 Å². The Morgan fingerprint density at radius 1 is 1.27 bits per heavy atom. The number of nitrogens with one attached hydrogen (secondary N) is 2. The van der Waals surface area contributed by atoms with Gasteiger partial charge in [0.1, 0.15) is 0 Å². The summed E-state index contributed by atoms with van der Waals surface area (Å²) >= 11 is 0. The van der Waals surface area contributed by atoms with Crippen LogP contribution in [0, 0.1) is 6.92 Å². The van der Waals surface area contributed by atoms with Crippen LogP contribution in [0.1, 0.15) is 42.1 Å². The number of hydrogen-bond acceptors (Lipinski definition) is 2. The Balaban J connectivity index is 1.80. The van der Waals surface area contributed by atoms with Crippen molar-refractivity contribution in [2.75, 3.05) is 19.6 Å². The zero-order valence-electron chi connectivity index (χ0n) is 13.4. The van der Waals surface area contributed by atoms with Crippen molar-refractivity contribution >= 4 is 11.9 Å². The maximum atomic E-state index is 12.2. The van der Waals surface area contributed by atoms with E-state index in [1.54, 1.807) is 0 Å². The van der Waals surface area contributed by atoms with E-state index in [0.29, 0.717) is 25.2 Å². The average Bonchev–Trinajstić information content (AvgIpc) is 2.53. The molecular formula is C17H25N3O2. The lowest BCUT2D eigenvalue weighted by molar-refractivity contribution is 0.0918. The molecule has 0 radical (unpaired) electrons. The fourth-order valence-electron chi connectivity index (χ4n) is 2.63. The van der Waals surface area contributed by atoms with Crippen LogP contribution in [0.3, 0.4) is 0 Å². The fourth-order valence-corrected chi connectivity index (χ4v) is 2.63. The van der Waals surface area contributed by atoms with E-state index in [0.717, 1.165) is 24.8 Å². The molecule has 1 aliphatic rings. The van der Waals surface area contributed by atoms with Crippen molar-refractivity contribution in [1.29, 1.82) is 0 Å². The Bertz CT molecular complexity index is 522. The fraction of sp³-hybridized carbons (Fsp3) is 0.529. The van der Waals surface area contributed by atoms with E-state index < -0.39 is 0 Å². The zero-order chi connectivity index (χ0) is 15.9. The summed E-state index contributed by atoms with van der Waals surface area (Å²) in [5, 5.41) is 5.96. The molecule has 0 aliphatic carbocycles. The lowest BCUT2D eigenvalue weighted by atomic mass is 10.0. The van der Waals surface area contributed by atoms with Crippen molar-refractivity contribution in [2.24, 2.45) is 0 Å². The predicted molar refractivity (Wildman–Crippen MR) is 86.9 cm³/mol. The number of rotatable bonds is 4. The molecule has 2 N–H and O–H groups in total. The molecule has 1 saturated heterocycles. The molecule has 1 aromatic carbocycles. The van der Waals surface area contributed by atoms with Crippen LogP contribution in [-0.2, 0) is 0 Å². The molecule has 0 bridgehead atoms. The number of aryl methyl sites for hydroxylation is 1. The van der Waals surface area contributed by atoms with Gasteiger partial charge < -0.3 is 15.5 Å². The molecule has 1 heterocycles. The highest BCUT2D eigenvalue weighted by Gasteiger charge is 2.23. The smallest absolute Gasteiger partial charge is 0.317 e. The number of carbonyl (C=O) groups excluding carboxylic acids is 2. The van der Waals surface area contributed by atoms with Gasteiger partial charge in [-0.15, -0.1) is 0 Å². The largest absolute Gasteiger partial charge is 0.349 e. The van der Waals surface area contributed by atoms with Crippen molar-refractivity contribution in [2.45, 2.75) is 39.2 Å². The maximum absolute atomic E-state index is 12.2. The average molecular weight is 303 g/mol. The predicted octanol–water partition coefficient (Wildman–Crippen LogP) is 2.31. The van der Waals surface area contributed by atoms with Gasteiger partial charge in [-0.05, 0) is 38.3 Å². The van der Waals surface area contributed by atoms with Crippen molar-refractivity contribution in [1.82, 2.24) is 15.5 Å². The molecule has 2 rings (SSSR count). The summed E-state index contributed by atoms with van der Waals surface area (Å²) in [6.45, 7) is 6.10. The van der Waals surface area contributed by atoms with Gasteiger partial charge in [-0.25, -0.2) is 4.79 Å². The van der Waals surface area contributed by atoms with E-state index in [1.807, 2.05) is 43.0 Å². The second-order valence-electron chi connectivity index (χ2n) is 5.84. The molecule has 120 valence electrons. The molecule has 0 saturated carbocycles. The molecule has 3 amide bonds. The van der Waals surface area contributed by atoms with Crippen LogP contribution < -0.4 is 10.6 Å². The number of hydrogen-bond donors (Lipinski definition) is 2. The van der Waals surface area contributed by atoms with Gasteiger partial charge >= 0.3 is 6.03 Å². The van der Waals surface area contributed by atoms with E-state index in [2.05, 4.69) is 10.6 Å². The molecule has 5 nitrogen and oxygen atoms in total. The summed E-state index contributed by atoms with van der Waals surface area (Å²) in [5.74, 6) is -0.0300. The van der Waals surface area contributed by atoms with Gasteiger partial charge in [-0.3, -0.25) is 4.79 Å². The highest BCUT2D eigenvalue weighted by Crippen LogP contribution is 2.12. The Morgan fingerprint density at radius 2 is 2.00 bits per heavy atom. The molecule has 1 fully saturated rings. The van der Waals surface area contributed by atoms with E-state index >= 15 is 0 Å². The van der Waals surface area contributed by atoms with Gasteiger partial charge in [0.2, 0.25) is 0 Å². The first-order chi connectivity index (χ1) is 10.6. The standard InChI is InChI=1S/C17H25N3O2/c1-3-9-18-17(22)20-10-7-15(8-11-20)19-16(21)14-6-4-5-13(2)12-14/h4-6,12,15H,3,7-11H2,1-2H3,(H,18,22)(H,19,21). The van der Waals surface area contributed by atoms with Crippen LogP contribution in [0.25, 0.3) is 0 Å². The van der Waals surface area contributed by atoms with E-state index in [1.165, 1.54) is 0 Å². The van der Waals surface area contributed by atoms with Crippen LogP contribution in [0.2, 0.25) is 0 Å². The van der Waals surface area contributed by atoms with Crippen LogP contribution in [0.4, 0.5) is 4.79 Å². The van der Waals surface area contributed by atoms with Gasteiger partial charge in [-0.2, -0.15) is 0 Å². The third-order valence-electron chi connectivity index (χ3n) is 3.92. The van der Waals surface area contributed by atoms with Gasteiger partial charge in [0.15, 0.2) is 0 Å². The van der Waals surface area contributed by atoms with Gasteiger partial charge in [-0.1, -0.05) is 24.6 Å². The molecule has 0 aromatic heterocycles. The summed E-state index contributed by atoms with van der Waals surface area (Å²) < 4.78 is 0. The lowest BCUT2D eigenvalue weighted by Crippen LogP contribution is -2.49. The number of nitrogens with zero attached hydrogens (tertiary/aromatic N) is 1. The normalized spacial score (nSPS) is 15.5. The number of urea groups is 1.